The number of aryl methyl sites for hydroxylation is 1. The number of rotatable bonds is 5. The van der Waals surface area contributed by atoms with Crippen molar-refractivity contribution in [3.63, 3.8) is 0 Å². The predicted octanol–water partition coefficient (Wildman–Crippen LogP) is 1.96. The molecular weight excluding hydrogens is 316 g/mol. The van der Waals surface area contributed by atoms with E-state index in [1.807, 2.05) is 30.0 Å². The maximum Gasteiger partial charge on any atom is 0.272 e. The van der Waals surface area contributed by atoms with E-state index in [9.17, 15) is 4.79 Å². The van der Waals surface area contributed by atoms with Crippen molar-refractivity contribution < 1.29 is 4.79 Å². The van der Waals surface area contributed by atoms with Crippen LogP contribution in [-0.4, -0.2) is 58.5 Å². The minimum atomic E-state index is -0.0364. The van der Waals surface area contributed by atoms with Gasteiger partial charge in [-0.15, -0.1) is 0 Å². The monoisotopic (exact) mass is 340 g/mol. The molecule has 7 nitrogen and oxygen atoms in total. The molecule has 25 heavy (non-hydrogen) atoms. The molecule has 1 amide bonds. The molecule has 0 spiro atoms. The maximum atomic E-state index is 12.8. The van der Waals surface area contributed by atoms with Gasteiger partial charge in [0.1, 0.15) is 11.5 Å². The number of amides is 1. The lowest BCUT2D eigenvalue weighted by Crippen LogP contribution is -2.49. The molecule has 2 aromatic rings. The van der Waals surface area contributed by atoms with Gasteiger partial charge < -0.3 is 15.1 Å². The zero-order valence-corrected chi connectivity index (χ0v) is 14.8. The highest BCUT2D eigenvalue weighted by molar-refractivity contribution is 5.92. The fraction of sp³-hybridized carbons (Fsp3) is 0.444. The van der Waals surface area contributed by atoms with Crippen molar-refractivity contribution in [1.29, 1.82) is 0 Å². The van der Waals surface area contributed by atoms with Crippen molar-refractivity contribution >= 4 is 17.7 Å². The van der Waals surface area contributed by atoms with Crippen molar-refractivity contribution in [1.82, 2.24) is 19.9 Å². The highest BCUT2D eigenvalue weighted by Crippen LogP contribution is 2.15. The van der Waals surface area contributed by atoms with Gasteiger partial charge in [0.15, 0.2) is 0 Å². The molecule has 1 aliphatic heterocycles. The molecule has 0 unspecified atom stereocenters. The molecular formula is C18H24N6O. The van der Waals surface area contributed by atoms with Gasteiger partial charge in [-0.1, -0.05) is 13.0 Å². The van der Waals surface area contributed by atoms with Crippen LogP contribution in [0, 0.1) is 6.92 Å². The molecule has 0 atom stereocenters. The maximum absolute atomic E-state index is 12.8. The molecule has 1 aliphatic rings. The predicted molar refractivity (Wildman–Crippen MR) is 97.9 cm³/mol. The number of carbonyl (C=O) groups excluding carboxylic acids is 1. The second-order valence-electron chi connectivity index (χ2n) is 6.11. The average molecular weight is 340 g/mol. The number of nitrogens with zero attached hydrogens (tertiary/aromatic N) is 5. The molecule has 0 aromatic carbocycles. The molecule has 132 valence electrons. The van der Waals surface area contributed by atoms with Crippen LogP contribution in [0.3, 0.4) is 0 Å². The van der Waals surface area contributed by atoms with E-state index in [2.05, 4.69) is 32.1 Å². The van der Waals surface area contributed by atoms with E-state index in [0.29, 0.717) is 24.7 Å². The number of hydrogen-bond donors (Lipinski definition) is 1. The number of nitrogens with one attached hydrogen (secondary N) is 1. The normalized spacial score (nSPS) is 14.5. The van der Waals surface area contributed by atoms with Gasteiger partial charge in [-0.3, -0.25) is 4.79 Å². The van der Waals surface area contributed by atoms with Crippen LogP contribution in [0.2, 0.25) is 0 Å². The smallest absolute Gasteiger partial charge is 0.272 e. The fourth-order valence-corrected chi connectivity index (χ4v) is 2.84. The van der Waals surface area contributed by atoms with E-state index in [1.165, 1.54) is 0 Å². The van der Waals surface area contributed by atoms with E-state index in [4.69, 9.17) is 0 Å². The van der Waals surface area contributed by atoms with E-state index in [1.54, 1.807) is 12.3 Å². The highest BCUT2D eigenvalue weighted by Gasteiger charge is 2.24. The summed E-state index contributed by atoms with van der Waals surface area (Å²) < 4.78 is 0. The summed E-state index contributed by atoms with van der Waals surface area (Å²) in [6.07, 6.45) is 2.78. The molecule has 7 heteroatoms. The SMILES string of the molecule is CCCNc1nc(C)cc(C(=O)N2CCN(c3ccccn3)CC2)n1. The molecule has 1 saturated heterocycles. The molecule has 0 aliphatic carbocycles. The third-order valence-corrected chi connectivity index (χ3v) is 4.15. The quantitative estimate of drug-likeness (QED) is 0.897. The molecule has 0 saturated carbocycles. The Labute approximate surface area is 148 Å². The first kappa shape index (κ1) is 17.1. The van der Waals surface area contributed by atoms with Gasteiger partial charge in [0.05, 0.1) is 0 Å². The number of anilines is 2. The topological polar surface area (TPSA) is 74.2 Å². The lowest BCUT2D eigenvalue weighted by Gasteiger charge is -2.35. The molecule has 3 heterocycles. The van der Waals surface area contributed by atoms with E-state index < -0.39 is 0 Å². The summed E-state index contributed by atoms with van der Waals surface area (Å²) >= 11 is 0. The molecule has 0 bridgehead atoms. The van der Waals surface area contributed by atoms with Gasteiger partial charge in [-0.2, -0.15) is 0 Å². The lowest BCUT2D eigenvalue weighted by molar-refractivity contribution is 0.0740. The Balaban J connectivity index is 1.65. The van der Waals surface area contributed by atoms with Gasteiger partial charge in [0.2, 0.25) is 5.95 Å². The summed E-state index contributed by atoms with van der Waals surface area (Å²) in [6, 6.07) is 7.64. The van der Waals surface area contributed by atoms with Crippen LogP contribution in [0.5, 0.6) is 0 Å². The van der Waals surface area contributed by atoms with Crippen LogP contribution in [0.1, 0.15) is 29.5 Å². The van der Waals surface area contributed by atoms with Crippen LogP contribution in [0.4, 0.5) is 11.8 Å². The molecule has 1 fully saturated rings. The second-order valence-corrected chi connectivity index (χ2v) is 6.11. The summed E-state index contributed by atoms with van der Waals surface area (Å²) in [5.74, 6) is 1.45. The van der Waals surface area contributed by atoms with Gasteiger partial charge in [-0.25, -0.2) is 15.0 Å². The Hall–Kier alpha value is -2.70. The molecule has 2 aromatic heterocycles. The van der Waals surface area contributed by atoms with E-state index in [-0.39, 0.29) is 5.91 Å². The van der Waals surface area contributed by atoms with Gasteiger partial charge in [0, 0.05) is 44.6 Å². The zero-order valence-electron chi connectivity index (χ0n) is 14.8. The van der Waals surface area contributed by atoms with Crippen LogP contribution in [0.25, 0.3) is 0 Å². The second kappa shape index (κ2) is 7.92. The minimum Gasteiger partial charge on any atom is -0.354 e. The third kappa shape index (κ3) is 4.23. The lowest BCUT2D eigenvalue weighted by atomic mass is 10.2. The summed E-state index contributed by atoms with van der Waals surface area (Å²) in [5, 5.41) is 3.15. The molecule has 3 rings (SSSR count). The van der Waals surface area contributed by atoms with Crippen molar-refractivity contribution in [3.05, 3.63) is 41.9 Å². The Bertz CT molecular complexity index is 713. The van der Waals surface area contributed by atoms with Crippen molar-refractivity contribution in [2.45, 2.75) is 20.3 Å². The Morgan fingerprint density at radius 1 is 1.20 bits per heavy atom. The first-order chi connectivity index (χ1) is 12.2. The largest absolute Gasteiger partial charge is 0.354 e. The van der Waals surface area contributed by atoms with Gasteiger partial charge in [-0.05, 0) is 31.5 Å². The number of carbonyl (C=O) groups is 1. The highest BCUT2D eigenvalue weighted by atomic mass is 16.2. The van der Waals surface area contributed by atoms with Crippen LogP contribution in [-0.2, 0) is 0 Å². The van der Waals surface area contributed by atoms with Crippen molar-refractivity contribution in [2.24, 2.45) is 0 Å². The first-order valence-corrected chi connectivity index (χ1v) is 8.72. The van der Waals surface area contributed by atoms with Crippen molar-refractivity contribution in [3.8, 4) is 0 Å². The third-order valence-electron chi connectivity index (χ3n) is 4.15. The number of piperazine rings is 1. The van der Waals surface area contributed by atoms with E-state index in [0.717, 1.165) is 37.6 Å². The number of aromatic nitrogens is 3. The van der Waals surface area contributed by atoms with E-state index >= 15 is 0 Å². The minimum absolute atomic E-state index is 0.0364. The summed E-state index contributed by atoms with van der Waals surface area (Å²) in [4.78, 5) is 29.9. The Morgan fingerprint density at radius 3 is 2.68 bits per heavy atom. The van der Waals surface area contributed by atoms with Crippen LogP contribution >= 0.6 is 0 Å². The Kier molecular flexibility index (Phi) is 5.42. The number of pyridine rings is 1. The standard InChI is InChI=1S/C18H24N6O/c1-3-7-20-18-21-14(2)13-15(22-18)17(25)24-11-9-23(10-12-24)16-6-4-5-8-19-16/h4-6,8,13H,3,7,9-12H2,1-2H3,(H,20,21,22). The summed E-state index contributed by atoms with van der Waals surface area (Å²) in [7, 11) is 0. The van der Waals surface area contributed by atoms with Gasteiger partial charge in [0.25, 0.3) is 5.91 Å². The number of hydrogen-bond acceptors (Lipinski definition) is 6. The van der Waals surface area contributed by atoms with Crippen LogP contribution < -0.4 is 10.2 Å². The summed E-state index contributed by atoms with van der Waals surface area (Å²) in [5.41, 5.74) is 1.25. The van der Waals surface area contributed by atoms with Crippen LogP contribution in [0.15, 0.2) is 30.5 Å². The summed E-state index contributed by atoms with van der Waals surface area (Å²) in [6.45, 7) is 7.62. The zero-order chi connectivity index (χ0) is 17.6. The first-order valence-electron chi connectivity index (χ1n) is 8.72. The molecule has 0 radical (unpaired) electrons. The fourth-order valence-electron chi connectivity index (χ4n) is 2.84. The van der Waals surface area contributed by atoms with Crippen molar-refractivity contribution in [2.75, 3.05) is 42.9 Å². The Morgan fingerprint density at radius 2 is 2.00 bits per heavy atom. The van der Waals surface area contributed by atoms with Gasteiger partial charge >= 0.3 is 0 Å². The molecule has 1 N–H and O–H groups in total. The average Bonchev–Trinajstić information content (AvgIpc) is 2.66.